The number of hydrogen-bond donors (Lipinski definition) is 1. The van der Waals surface area contributed by atoms with Crippen molar-refractivity contribution in [2.24, 2.45) is 5.41 Å². The van der Waals surface area contributed by atoms with Crippen molar-refractivity contribution < 1.29 is 4.74 Å². The zero-order chi connectivity index (χ0) is 12.5. The van der Waals surface area contributed by atoms with Crippen molar-refractivity contribution in [3.63, 3.8) is 0 Å². The Morgan fingerprint density at radius 3 is 2.65 bits per heavy atom. The fraction of sp³-hybridized carbons (Fsp3) is 0.769. The molecule has 0 aromatic carbocycles. The highest BCUT2D eigenvalue weighted by Crippen LogP contribution is 2.26. The fourth-order valence-electron chi connectivity index (χ4n) is 1.76. The first-order chi connectivity index (χ1) is 7.89. The number of hydrogen-bond acceptors (Lipinski definition) is 4. The van der Waals surface area contributed by atoms with E-state index in [2.05, 4.69) is 43.4 Å². The number of ether oxygens (including phenoxy) is 1. The van der Waals surface area contributed by atoms with Gasteiger partial charge in [-0.2, -0.15) is 0 Å². The van der Waals surface area contributed by atoms with Gasteiger partial charge in [0.15, 0.2) is 0 Å². The summed E-state index contributed by atoms with van der Waals surface area (Å²) in [5.74, 6) is 0. The van der Waals surface area contributed by atoms with Gasteiger partial charge in [0.1, 0.15) is 5.01 Å². The monoisotopic (exact) mass is 254 g/mol. The summed E-state index contributed by atoms with van der Waals surface area (Å²) in [5.41, 5.74) is 1.68. The highest BCUT2D eigenvalue weighted by Gasteiger charge is 2.32. The molecule has 1 N–H and O–H groups in total. The van der Waals surface area contributed by atoms with E-state index in [-0.39, 0.29) is 5.41 Å². The Labute approximate surface area is 108 Å². The molecule has 1 aliphatic rings. The number of aromatic nitrogens is 1. The van der Waals surface area contributed by atoms with Crippen LogP contribution in [0.15, 0.2) is 5.38 Å². The maximum atomic E-state index is 5.24. The van der Waals surface area contributed by atoms with Crippen LogP contribution in [0.4, 0.5) is 0 Å². The van der Waals surface area contributed by atoms with Gasteiger partial charge in [-0.05, 0) is 0 Å². The molecule has 0 spiro atoms. The van der Waals surface area contributed by atoms with Crippen molar-refractivity contribution in [1.82, 2.24) is 10.3 Å². The largest absolute Gasteiger partial charge is 0.380 e. The van der Waals surface area contributed by atoms with E-state index >= 15 is 0 Å². The topological polar surface area (TPSA) is 34.2 Å². The van der Waals surface area contributed by atoms with E-state index in [1.54, 1.807) is 11.3 Å². The normalized spacial score (nSPS) is 19.1. The zero-order valence-corrected chi connectivity index (χ0v) is 12.0. The highest BCUT2D eigenvalue weighted by molar-refractivity contribution is 7.09. The third-order valence-electron chi connectivity index (χ3n) is 3.05. The Balaban J connectivity index is 1.81. The SMILES string of the molecule is CC1(CNCc2nc(C(C)(C)C)cs2)COC1. The Kier molecular flexibility index (Phi) is 3.57. The average Bonchev–Trinajstić information content (AvgIpc) is 2.63. The summed E-state index contributed by atoms with van der Waals surface area (Å²) in [7, 11) is 0. The summed E-state index contributed by atoms with van der Waals surface area (Å²) >= 11 is 1.75. The second-order valence-corrected chi connectivity index (χ2v) is 7.23. The molecule has 0 unspecified atom stereocenters. The van der Waals surface area contributed by atoms with E-state index in [4.69, 9.17) is 4.74 Å². The molecule has 1 aromatic heterocycles. The van der Waals surface area contributed by atoms with Crippen molar-refractivity contribution in [3.05, 3.63) is 16.1 Å². The van der Waals surface area contributed by atoms with Crippen LogP contribution in [-0.4, -0.2) is 24.7 Å². The molecule has 1 fully saturated rings. The molecule has 0 atom stereocenters. The molecule has 3 nitrogen and oxygen atoms in total. The predicted molar refractivity (Wildman–Crippen MR) is 71.4 cm³/mol. The van der Waals surface area contributed by atoms with Crippen LogP contribution in [0.2, 0.25) is 0 Å². The van der Waals surface area contributed by atoms with Gasteiger partial charge in [0.05, 0.1) is 18.9 Å². The lowest BCUT2D eigenvalue weighted by atomic mass is 9.89. The maximum Gasteiger partial charge on any atom is 0.107 e. The third kappa shape index (κ3) is 3.27. The Morgan fingerprint density at radius 1 is 1.47 bits per heavy atom. The van der Waals surface area contributed by atoms with Gasteiger partial charge in [0, 0.05) is 29.3 Å². The van der Waals surface area contributed by atoms with Crippen molar-refractivity contribution in [2.45, 2.75) is 39.7 Å². The lowest BCUT2D eigenvalue weighted by Crippen LogP contribution is -2.47. The van der Waals surface area contributed by atoms with Crippen LogP contribution < -0.4 is 5.32 Å². The molecule has 96 valence electrons. The molecule has 0 radical (unpaired) electrons. The van der Waals surface area contributed by atoms with Gasteiger partial charge in [-0.15, -0.1) is 11.3 Å². The van der Waals surface area contributed by atoms with Crippen LogP contribution >= 0.6 is 11.3 Å². The van der Waals surface area contributed by atoms with E-state index in [1.165, 1.54) is 10.7 Å². The Hall–Kier alpha value is -0.450. The number of nitrogens with one attached hydrogen (secondary N) is 1. The molecule has 1 aromatic rings. The molecule has 2 heterocycles. The van der Waals surface area contributed by atoms with Crippen molar-refractivity contribution in [2.75, 3.05) is 19.8 Å². The van der Waals surface area contributed by atoms with Gasteiger partial charge in [-0.25, -0.2) is 4.98 Å². The second-order valence-electron chi connectivity index (χ2n) is 6.28. The summed E-state index contributed by atoms with van der Waals surface area (Å²) in [6, 6.07) is 0. The van der Waals surface area contributed by atoms with Crippen LogP contribution in [0.25, 0.3) is 0 Å². The van der Waals surface area contributed by atoms with E-state index in [0.717, 1.165) is 26.3 Å². The Bertz CT molecular complexity index is 377. The molecule has 1 saturated heterocycles. The standard InChI is InChI=1S/C13H22N2OS/c1-12(2,3)10-6-17-11(15-10)5-14-7-13(4)8-16-9-13/h6,14H,5,7-9H2,1-4H3. The first kappa shape index (κ1) is 13.0. The van der Waals surface area contributed by atoms with Gasteiger partial charge >= 0.3 is 0 Å². The molecule has 0 saturated carbocycles. The van der Waals surface area contributed by atoms with Crippen LogP contribution in [0, 0.1) is 5.41 Å². The van der Waals surface area contributed by atoms with Gasteiger partial charge in [0.2, 0.25) is 0 Å². The molecular weight excluding hydrogens is 232 g/mol. The third-order valence-corrected chi connectivity index (χ3v) is 3.90. The average molecular weight is 254 g/mol. The smallest absolute Gasteiger partial charge is 0.107 e. The molecule has 1 aliphatic heterocycles. The zero-order valence-electron chi connectivity index (χ0n) is 11.2. The summed E-state index contributed by atoms with van der Waals surface area (Å²) in [5, 5.41) is 6.83. The quantitative estimate of drug-likeness (QED) is 0.896. The minimum Gasteiger partial charge on any atom is -0.380 e. The lowest BCUT2D eigenvalue weighted by molar-refractivity contribution is -0.0991. The van der Waals surface area contributed by atoms with E-state index in [0.29, 0.717) is 5.41 Å². The minimum absolute atomic E-state index is 0.155. The minimum atomic E-state index is 0.155. The fourth-order valence-corrected chi connectivity index (χ4v) is 2.75. The van der Waals surface area contributed by atoms with Crippen LogP contribution in [0.1, 0.15) is 38.4 Å². The molecule has 0 aliphatic carbocycles. The first-order valence-electron chi connectivity index (χ1n) is 6.12. The van der Waals surface area contributed by atoms with E-state index in [1.807, 2.05) is 0 Å². The van der Waals surface area contributed by atoms with Gasteiger partial charge in [0.25, 0.3) is 0 Å². The van der Waals surface area contributed by atoms with Crippen LogP contribution in [-0.2, 0) is 16.7 Å². The van der Waals surface area contributed by atoms with Gasteiger partial charge in [-0.1, -0.05) is 27.7 Å². The number of rotatable bonds is 4. The van der Waals surface area contributed by atoms with Gasteiger partial charge in [-0.3, -0.25) is 0 Å². The van der Waals surface area contributed by atoms with Crippen molar-refractivity contribution in [3.8, 4) is 0 Å². The highest BCUT2D eigenvalue weighted by atomic mass is 32.1. The number of thiazole rings is 1. The molecule has 0 amide bonds. The molecular formula is C13H22N2OS. The summed E-state index contributed by atoms with van der Waals surface area (Å²) in [4.78, 5) is 4.67. The molecule has 17 heavy (non-hydrogen) atoms. The lowest BCUT2D eigenvalue weighted by Gasteiger charge is -2.38. The van der Waals surface area contributed by atoms with Crippen LogP contribution in [0.5, 0.6) is 0 Å². The maximum absolute atomic E-state index is 5.24. The van der Waals surface area contributed by atoms with Crippen molar-refractivity contribution in [1.29, 1.82) is 0 Å². The Morgan fingerprint density at radius 2 is 2.18 bits per heavy atom. The summed E-state index contributed by atoms with van der Waals surface area (Å²) in [6.45, 7) is 12.5. The number of nitrogens with zero attached hydrogens (tertiary/aromatic N) is 1. The molecule has 4 heteroatoms. The summed E-state index contributed by atoms with van der Waals surface area (Å²) in [6.07, 6.45) is 0. The van der Waals surface area contributed by atoms with Gasteiger partial charge < -0.3 is 10.1 Å². The molecule has 2 rings (SSSR count). The van der Waals surface area contributed by atoms with Crippen molar-refractivity contribution >= 4 is 11.3 Å². The van der Waals surface area contributed by atoms with E-state index < -0.39 is 0 Å². The van der Waals surface area contributed by atoms with Crippen LogP contribution in [0.3, 0.4) is 0 Å². The molecule has 0 bridgehead atoms. The first-order valence-corrected chi connectivity index (χ1v) is 7.00. The van der Waals surface area contributed by atoms with E-state index in [9.17, 15) is 0 Å². The predicted octanol–water partition coefficient (Wildman–Crippen LogP) is 2.57. The summed E-state index contributed by atoms with van der Waals surface area (Å²) < 4.78 is 5.24. The second kappa shape index (κ2) is 4.67.